The molecule has 29 heavy (non-hydrogen) atoms. The number of fused-ring (bicyclic) bond motifs is 1. The van der Waals surface area contributed by atoms with E-state index in [0.717, 1.165) is 66.7 Å². The number of nitrogens with one attached hydrogen (secondary N) is 1. The van der Waals surface area contributed by atoms with Crippen molar-refractivity contribution in [1.29, 1.82) is 0 Å². The predicted molar refractivity (Wildman–Crippen MR) is 113 cm³/mol. The van der Waals surface area contributed by atoms with E-state index in [9.17, 15) is 0 Å². The van der Waals surface area contributed by atoms with E-state index in [0.29, 0.717) is 12.3 Å². The average molecular weight is 394 g/mol. The number of ether oxygens (including phenoxy) is 3. The van der Waals surface area contributed by atoms with Gasteiger partial charge in [0.1, 0.15) is 11.6 Å². The van der Waals surface area contributed by atoms with Gasteiger partial charge in [0.15, 0.2) is 11.5 Å². The summed E-state index contributed by atoms with van der Waals surface area (Å²) < 4.78 is 16.2. The van der Waals surface area contributed by atoms with E-state index in [2.05, 4.69) is 10.2 Å². The number of morpholine rings is 1. The number of nitrogens with zero attached hydrogens (tertiary/aromatic N) is 3. The van der Waals surface area contributed by atoms with Crippen LogP contribution in [0, 0.1) is 0 Å². The second kappa shape index (κ2) is 9.07. The lowest BCUT2D eigenvalue weighted by atomic mass is 10.2. The lowest BCUT2D eigenvalue weighted by molar-refractivity contribution is 0.0331. The van der Waals surface area contributed by atoms with Crippen LogP contribution in [-0.4, -0.2) is 55.4 Å². The summed E-state index contributed by atoms with van der Waals surface area (Å²) >= 11 is 0. The molecule has 0 spiro atoms. The average Bonchev–Trinajstić information content (AvgIpc) is 2.78. The lowest BCUT2D eigenvalue weighted by Gasteiger charge is -2.26. The van der Waals surface area contributed by atoms with Crippen molar-refractivity contribution in [2.75, 3.05) is 45.8 Å². The van der Waals surface area contributed by atoms with E-state index in [-0.39, 0.29) is 0 Å². The van der Waals surface area contributed by atoms with Gasteiger partial charge in [-0.3, -0.25) is 4.90 Å². The smallest absolute Gasteiger partial charge is 0.161 e. The van der Waals surface area contributed by atoms with Crippen molar-refractivity contribution in [2.24, 2.45) is 0 Å². The Kier molecular flexibility index (Phi) is 6.07. The van der Waals surface area contributed by atoms with Gasteiger partial charge < -0.3 is 19.5 Å². The fraction of sp³-hybridized carbons (Fsp3) is 0.364. The van der Waals surface area contributed by atoms with Gasteiger partial charge in [-0.05, 0) is 29.8 Å². The van der Waals surface area contributed by atoms with Crippen molar-refractivity contribution in [3.05, 3.63) is 53.9 Å². The number of benzene rings is 2. The molecule has 2 heterocycles. The summed E-state index contributed by atoms with van der Waals surface area (Å²) in [5.74, 6) is 3.10. The first-order valence-electron chi connectivity index (χ1n) is 9.77. The summed E-state index contributed by atoms with van der Waals surface area (Å²) in [5.41, 5.74) is 2.03. The molecule has 1 aromatic heterocycles. The molecule has 1 N–H and O–H groups in total. The number of anilines is 1. The maximum absolute atomic E-state index is 5.44. The van der Waals surface area contributed by atoms with Crippen LogP contribution in [0.1, 0.15) is 11.4 Å². The van der Waals surface area contributed by atoms with E-state index in [4.69, 9.17) is 24.2 Å². The van der Waals surface area contributed by atoms with Gasteiger partial charge in [0, 0.05) is 25.0 Å². The van der Waals surface area contributed by atoms with Crippen molar-refractivity contribution in [3.63, 3.8) is 0 Å². The molecule has 7 heteroatoms. The van der Waals surface area contributed by atoms with Gasteiger partial charge in [-0.1, -0.05) is 18.2 Å². The normalized spacial score (nSPS) is 14.7. The number of hydrogen-bond donors (Lipinski definition) is 1. The van der Waals surface area contributed by atoms with Crippen molar-refractivity contribution in [2.45, 2.75) is 13.1 Å². The maximum Gasteiger partial charge on any atom is 0.161 e. The molecule has 0 bridgehead atoms. The van der Waals surface area contributed by atoms with Crippen LogP contribution in [-0.2, 0) is 17.8 Å². The van der Waals surface area contributed by atoms with Crippen LogP contribution >= 0.6 is 0 Å². The van der Waals surface area contributed by atoms with Gasteiger partial charge in [0.25, 0.3) is 0 Å². The number of methoxy groups -OCH3 is 2. The molecule has 0 atom stereocenters. The van der Waals surface area contributed by atoms with E-state index < -0.39 is 0 Å². The van der Waals surface area contributed by atoms with Gasteiger partial charge in [-0.15, -0.1) is 0 Å². The molecule has 0 saturated carbocycles. The van der Waals surface area contributed by atoms with Crippen LogP contribution in [0.15, 0.2) is 42.5 Å². The van der Waals surface area contributed by atoms with Crippen molar-refractivity contribution in [1.82, 2.24) is 14.9 Å². The summed E-state index contributed by atoms with van der Waals surface area (Å²) in [6.07, 6.45) is 0. The Morgan fingerprint density at radius 2 is 1.79 bits per heavy atom. The Morgan fingerprint density at radius 3 is 2.59 bits per heavy atom. The zero-order valence-corrected chi connectivity index (χ0v) is 16.9. The molecule has 3 aromatic rings. The van der Waals surface area contributed by atoms with Gasteiger partial charge in [-0.2, -0.15) is 0 Å². The Morgan fingerprint density at radius 1 is 1.00 bits per heavy atom. The van der Waals surface area contributed by atoms with Crippen LogP contribution in [0.2, 0.25) is 0 Å². The number of aromatic nitrogens is 2. The largest absolute Gasteiger partial charge is 0.493 e. The van der Waals surface area contributed by atoms with Gasteiger partial charge in [0.2, 0.25) is 0 Å². The first-order chi connectivity index (χ1) is 14.3. The summed E-state index contributed by atoms with van der Waals surface area (Å²) in [7, 11) is 3.28. The van der Waals surface area contributed by atoms with Gasteiger partial charge >= 0.3 is 0 Å². The monoisotopic (exact) mass is 394 g/mol. The highest BCUT2D eigenvalue weighted by Crippen LogP contribution is 2.28. The summed E-state index contributed by atoms with van der Waals surface area (Å²) in [4.78, 5) is 11.9. The van der Waals surface area contributed by atoms with Crippen LogP contribution in [0.5, 0.6) is 11.5 Å². The molecular weight excluding hydrogens is 368 g/mol. The lowest BCUT2D eigenvalue weighted by Crippen LogP contribution is -2.36. The fourth-order valence-corrected chi connectivity index (χ4v) is 3.47. The molecule has 4 rings (SSSR count). The van der Waals surface area contributed by atoms with E-state index in [1.54, 1.807) is 14.2 Å². The summed E-state index contributed by atoms with van der Waals surface area (Å²) in [6, 6.07) is 14.0. The first kappa shape index (κ1) is 19.4. The Bertz CT molecular complexity index is 973. The molecule has 0 unspecified atom stereocenters. The Labute approximate surface area is 170 Å². The van der Waals surface area contributed by atoms with E-state index in [1.807, 2.05) is 42.5 Å². The van der Waals surface area contributed by atoms with Gasteiger partial charge in [0.05, 0.1) is 39.5 Å². The van der Waals surface area contributed by atoms with Crippen molar-refractivity contribution >= 4 is 16.7 Å². The van der Waals surface area contributed by atoms with Crippen LogP contribution in [0.25, 0.3) is 10.9 Å². The molecule has 7 nitrogen and oxygen atoms in total. The van der Waals surface area contributed by atoms with Gasteiger partial charge in [-0.25, -0.2) is 9.97 Å². The minimum Gasteiger partial charge on any atom is -0.493 e. The Balaban J connectivity index is 1.57. The van der Waals surface area contributed by atoms with E-state index >= 15 is 0 Å². The zero-order chi connectivity index (χ0) is 20.1. The van der Waals surface area contributed by atoms with Crippen molar-refractivity contribution < 1.29 is 14.2 Å². The Hall–Kier alpha value is -2.90. The standard InChI is InChI=1S/C22H26N4O3/c1-27-19-8-7-16(13-20(19)28-2)14-23-22-17-5-3-4-6-18(17)24-21(25-22)15-26-9-11-29-12-10-26/h3-8,13H,9-12,14-15H2,1-2H3,(H,23,24,25). The molecule has 0 aliphatic carbocycles. The molecule has 1 saturated heterocycles. The number of rotatable bonds is 7. The topological polar surface area (TPSA) is 68.7 Å². The number of para-hydroxylation sites is 1. The quantitative estimate of drug-likeness (QED) is 0.660. The number of hydrogen-bond acceptors (Lipinski definition) is 7. The highest BCUT2D eigenvalue weighted by Gasteiger charge is 2.14. The molecule has 1 aliphatic heterocycles. The highest BCUT2D eigenvalue weighted by molar-refractivity contribution is 5.88. The van der Waals surface area contributed by atoms with Crippen LogP contribution < -0.4 is 14.8 Å². The SMILES string of the molecule is COc1ccc(CNc2nc(CN3CCOCC3)nc3ccccc23)cc1OC. The van der Waals surface area contributed by atoms with Crippen molar-refractivity contribution in [3.8, 4) is 11.5 Å². The molecule has 152 valence electrons. The summed E-state index contributed by atoms with van der Waals surface area (Å²) in [5, 5.41) is 4.49. The van der Waals surface area contributed by atoms with E-state index in [1.165, 1.54) is 0 Å². The minimum atomic E-state index is 0.623. The molecular formula is C22H26N4O3. The van der Waals surface area contributed by atoms with Crippen LogP contribution in [0.4, 0.5) is 5.82 Å². The minimum absolute atomic E-state index is 0.623. The maximum atomic E-state index is 5.44. The molecule has 1 aliphatic rings. The second-order valence-electron chi connectivity index (χ2n) is 6.94. The molecule has 1 fully saturated rings. The third-order valence-corrected chi connectivity index (χ3v) is 5.03. The third-order valence-electron chi connectivity index (χ3n) is 5.03. The predicted octanol–water partition coefficient (Wildman–Crippen LogP) is 3.09. The third kappa shape index (κ3) is 4.58. The summed E-state index contributed by atoms with van der Waals surface area (Å²) in [6.45, 7) is 4.68. The molecule has 0 amide bonds. The first-order valence-corrected chi connectivity index (χ1v) is 9.77. The molecule has 2 aromatic carbocycles. The second-order valence-corrected chi connectivity index (χ2v) is 6.94. The fourth-order valence-electron chi connectivity index (χ4n) is 3.47. The zero-order valence-electron chi connectivity index (χ0n) is 16.9. The van der Waals surface area contributed by atoms with Crippen LogP contribution in [0.3, 0.4) is 0 Å². The molecule has 0 radical (unpaired) electrons. The highest BCUT2D eigenvalue weighted by atomic mass is 16.5.